The van der Waals surface area contributed by atoms with Crippen LogP contribution >= 0.6 is 15.9 Å². The summed E-state index contributed by atoms with van der Waals surface area (Å²) in [6.45, 7) is 2.66. The molecule has 0 N–H and O–H groups in total. The predicted molar refractivity (Wildman–Crippen MR) is 71.8 cm³/mol. The van der Waals surface area contributed by atoms with Crippen molar-refractivity contribution in [2.24, 2.45) is 0 Å². The summed E-state index contributed by atoms with van der Waals surface area (Å²) in [7, 11) is -1.61. The van der Waals surface area contributed by atoms with E-state index in [0.717, 1.165) is 11.3 Å². The largest absolute Gasteiger partial charge is 0.497 e. The van der Waals surface area contributed by atoms with Gasteiger partial charge in [0, 0.05) is 13.1 Å². The Morgan fingerprint density at radius 3 is 2.29 bits per heavy atom. The highest BCUT2D eigenvalue weighted by Crippen LogP contribution is 2.15. The van der Waals surface area contributed by atoms with Gasteiger partial charge in [-0.15, -0.1) is 0 Å². The van der Waals surface area contributed by atoms with E-state index in [4.69, 9.17) is 4.74 Å². The Bertz CT molecular complexity index is 444. The molecule has 6 heteroatoms. The van der Waals surface area contributed by atoms with Gasteiger partial charge in [-0.25, -0.2) is 8.42 Å². The number of halogens is 1. The van der Waals surface area contributed by atoms with Gasteiger partial charge in [-0.1, -0.05) is 35.0 Å². The molecule has 1 aromatic carbocycles. The van der Waals surface area contributed by atoms with E-state index in [9.17, 15) is 8.42 Å². The van der Waals surface area contributed by atoms with Gasteiger partial charge in [0.1, 0.15) is 10.4 Å². The highest BCUT2D eigenvalue weighted by atomic mass is 79.9. The normalized spacial score (nSPS) is 11.8. The zero-order valence-electron chi connectivity index (χ0n) is 9.89. The van der Waals surface area contributed by atoms with Crippen molar-refractivity contribution in [3.63, 3.8) is 0 Å². The minimum atomic E-state index is -3.21. The SMILES string of the molecule is CCN(Cc1ccc(OC)cc1)S(=O)(=O)CBr. The van der Waals surface area contributed by atoms with Gasteiger partial charge in [0.2, 0.25) is 10.0 Å². The molecule has 0 heterocycles. The molecule has 0 bridgehead atoms. The van der Waals surface area contributed by atoms with Crippen LogP contribution in [-0.2, 0) is 16.6 Å². The molecular formula is C11H16BrNO3S. The molecule has 0 aliphatic heterocycles. The Balaban J connectivity index is 2.81. The first kappa shape index (κ1) is 14.5. The summed E-state index contributed by atoms with van der Waals surface area (Å²) < 4.78 is 29.9. The van der Waals surface area contributed by atoms with Gasteiger partial charge in [0.15, 0.2) is 0 Å². The Morgan fingerprint density at radius 1 is 1.29 bits per heavy atom. The molecule has 0 fully saturated rings. The fraction of sp³-hybridized carbons (Fsp3) is 0.455. The molecule has 4 nitrogen and oxygen atoms in total. The minimum absolute atomic E-state index is 0.0516. The average molecular weight is 322 g/mol. The molecule has 0 saturated carbocycles. The number of benzene rings is 1. The molecule has 0 unspecified atom stereocenters. The smallest absolute Gasteiger partial charge is 0.224 e. The van der Waals surface area contributed by atoms with Crippen molar-refractivity contribution in [3.05, 3.63) is 29.8 Å². The second kappa shape index (κ2) is 6.37. The third-order valence-corrected chi connectivity index (χ3v) is 5.59. The zero-order chi connectivity index (χ0) is 12.9. The van der Waals surface area contributed by atoms with Crippen molar-refractivity contribution in [2.45, 2.75) is 13.5 Å². The van der Waals surface area contributed by atoms with Crippen molar-refractivity contribution in [2.75, 3.05) is 18.3 Å². The van der Waals surface area contributed by atoms with E-state index in [1.807, 2.05) is 31.2 Å². The number of hydrogen-bond donors (Lipinski definition) is 0. The fourth-order valence-corrected chi connectivity index (χ4v) is 3.16. The van der Waals surface area contributed by atoms with E-state index in [2.05, 4.69) is 15.9 Å². The molecule has 1 rings (SSSR count). The molecular weight excluding hydrogens is 306 g/mol. The Kier molecular flexibility index (Phi) is 5.42. The van der Waals surface area contributed by atoms with Crippen molar-refractivity contribution in [1.29, 1.82) is 0 Å². The Morgan fingerprint density at radius 2 is 1.88 bits per heavy atom. The highest BCUT2D eigenvalue weighted by Gasteiger charge is 2.18. The van der Waals surface area contributed by atoms with E-state index in [-0.39, 0.29) is 4.66 Å². The number of sulfonamides is 1. The molecule has 0 saturated heterocycles. The van der Waals surface area contributed by atoms with Crippen molar-refractivity contribution < 1.29 is 13.2 Å². The van der Waals surface area contributed by atoms with Gasteiger partial charge in [-0.3, -0.25) is 0 Å². The van der Waals surface area contributed by atoms with E-state index in [0.29, 0.717) is 13.1 Å². The monoisotopic (exact) mass is 321 g/mol. The molecule has 1 aromatic rings. The summed E-state index contributed by atoms with van der Waals surface area (Å²) in [5.41, 5.74) is 0.942. The summed E-state index contributed by atoms with van der Waals surface area (Å²) in [6.07, 6.45) is 0. The van der Waals surface area contributed by atoms with E-state index in [1.165, 1.54) is 4.31 Å². The Labute approximate surface area is 111 Å². The van der Waals surface area contributed by atoms with Crippen molar-refractivity contribution in [3.8, 4) is 5.75 Å². The summed E-state index contributed by atoms with van der Waals surface area (Å²) in [4.78, 5) is 0. The van der Waals surface area contributed by atoms with Gasteiger partial charge < -0.3 is 4.74 Å². The summed E-state index contributed by atoms with van der Waals surface area (Å²) in [5, 5.41) is 0. The van der Waals surface area contributed by atoms with Crippen LogP contribution in [0.15, 0.2) is 24.3 Å². The molecule has 0 aliphatic carbocycles. The number of rotatable bonds is 6. The standard InChI is InChI=1S/C11H16BrNO3S/c1-3-13(17(14,15)9-12)8-10-4-6-11(16-2)7-5-10/h4-7H,3,8-9H2,1-2H3. The van der Waals surface area contributed by atoms with Gasteiger partial charge in [0.05, 0.1) is 7.11 Å². The molecule has 0 radical (unpaired) electrons. The number of nitrogens with zero attached hydrogens (tertiary/aromatic N) is 1. The lowest BCUT2D eigenvalue weighted by Gasteiger charge is -2.19. The third kappa shape index (κ3) is 3.97. The number of methoxy groups -OCH3 is 1. The van der Waals surface area contributed by atoms with Gasteiger partial charge in [-0.2, -0.15) is 4.31 Å². The van der Waals surface area contributed by atoms with E-state index < -0.39 is 10.0 Å². The Hall–Kier alpha value is -0.590. The maximum atomic E-state index is 11.7. The van der Waals surface area contributed by atoms with E-state index in [1.54, 1.807) is 7.11 Å². The lowest BCUT2D eigenvalue weighted by atomic mass is 10.2. The van der Waals surface area contributed by atoms with Gasteiger partial charge >= 0.3 is 0 Å². The maximum absolute atomic E-state index is 11.7. The predicted octanol–water partition coefficient (Wildman–Crippen LogP) is 2.20. The van der Waals surface area contributed by atoms with Gasteiger partial charge in [-0.05, 0) is 17.7 Å². The van der Waals surface area contributed by atoms with Crippen LogP contribution in [0.25, 0.3) is 0 Å². The zero-order valence-corrected chi connectivity index (χ0v) is 12.3. The van der Waals surface area contributed by atoms with Crippen LogP contribution in [0, 0.1) is 0 Å². The summed E-state index contributed by atoms with van der Waals surface area (Å²) >= 11 is 3.00. The quantitative estimate of drug-likeness (QED) is 0.755. The molecule has 96 valence electrons. The maximum Gasteiger partial charge on any atom is 0.224 e. The first-order valence-corrected chi connectivity index (χ1v) is 7.93. The number of alkyl halides is 1. The summed E-state index contributed by atoms with van der Waals surface area (Å²) in [5.74, 6) is 0.764. The molecule has 0 atom stereocenters. The number of ether oxygens (including phenoxy) is 1. The van der Waals surface area contributed by atoms with Crippen LogP contribution in [0.2, 0.25) is 0 Å². The molecule has 0 amide bonds. The van der Waals surface area contributed by atoms with Crippen LogP contribution in [0.3, 0.4) is 0 Å². The van der Waals surface area contributed by atoms with Crippen LogP contribution in [0.4, 0.5) is 0 Å². The number of hydrogen-bond acceptors (Lipinski definition) is 3. The van der Waals surface area contributed by atoms with Crippen LogP contribution in [0.5, 0.6) is 5.75 Å². The highest BCUT2D eigenvalue weighted by molar-refractivity contribution is 9.10. The second-order valence-electron chi connectivity index (χ2n) is 3.50. The molecule has 0 spiro atoms. The average Bonchev–Trinajstić information content (AvgIpc) is 2.36. The van der Waals surface area contributed by atoms with E-state index >= 15 is 0 Å². The molecule has 0 aliphatic rings. The fourth-order valence-electron chi connectivity index (χ4n) is 1.41. The third-order valence-electron chi connectivity index (χ3n) is 2.40. The lowest BCUT2D eigenvalue weighted by molar-refractivity contribution is 0.412. The molecule has 0 aromatic heterocycles. The topological polar surface area (TPSA) is 46.6 Å². The molecule has 17 heavy (non-hydrogen) atoms. The van der Waals surface area contributed by atoms with Crippen molar-refractivity contribution in [1.82, 2.24) is 4.31 Å². The second-order valence-corrected chi connectivity index (χ2v) is 6.77. The minimum Gasteiger partial charge on any atom is -0.497 e. The van der Waals surface area contributed by atoms with Crippen LogP contribution < -0.4 is 4.74 Å². The van der Waals surface area contributed by atoms with Crippen LogP contribution in [-0.4, -0.2) is 31.0 Å². The van der Waals surface area contributed by atoms with Gasteiger partial charge in [0.25, 0.3) is 0 Å². The summed E-state index contributed by atoms with van der Waals surface area (Å²) in [6, 6.07) is 7.38. The van der Waals surface area contributed by atoms with Crippen LogP contribution in [0.1, 0.15) is 12.5 Å². The first-order valence-electron chi connectivity index (χ1n) is 5.20. The van der Waals surface area contributed by atoms with Crippen molar-refractivity contribution >= 4 is 26.0 Å². The lowest BCUT2D eigenvalue weighted by Crippen LogP contribution is -2.30. The first-order chi connectivity index (χ1) is 8.03.